The van der Waals surface area contributed by atoms with Crippen LogP contribution in [0.4, 0.5) is 5.69 Å². The van der Waals surface area contributed by atoms with Crippen molar-refractivity contribution in [3.05, 3.63) is 24.4 Å². The Morgan fingerprint density at radius 1 is 1.53 bits per heavy atom. The van der Waals surface area contributed by atoms with Crippen LogP contribution >= 0.6 is 0 Å². The van der Waals surface area contributed by atoms with Gasteiger partial charge >= 0.3 is 0 Å². The predicted molar refractivity (Wildman–Crippen MR) is 59.0 cm³/mol. The third-order valence-electron chi connectivity index (χ3n) is 2.14. The number of aromatic nitrogens is 2. The molecular formula is C10H14N4O. The number of anilines is 1. The second-order valence-corrected chi connectivity index (χ2v) is 3.20. The van der Waals surface area contributed by atoms with Crippen LogP contribution in [0.15, 0.2) is 24.4 Å². The van der Waals surface area contributed by atoms with E-state index in [1.807, 2.05) is 31.4 Å². The van der Waals surface area contributed by atoms with Gasteiger partial charge in [0.1, 0.15) is 12.3 Å². The van der Waals surface area contributed by atoms with Crippen molar-refractivity contribution in [1.29, 1.82) is 0 Å². The van der Waals surface area contributed by atoms with Crippen LogP contribution in [0.2, 0.25) is 0 Å². The second-order valence-electron chi connectivity index (χ2n) is 3.20. The number of hydrogen-bond donors (Lipinski definition) is 2. The lowest BCUT2D eigenvalue weighted by molar-refractivity contribution is 0.306. The van der Waals surface area contributed by atoms with Gasteiger partial charge in [-0.2, -0.15) is 0 Å². The van der Waals surface area contributed by atoms with E-state index in [2.05, 4.69) is 10.4 Å². The molecule has 0 fully saturated rings. The molecule has 0 aliphatic carbocycles. The number of ether oxygens (including phenoxy) is 1. The summed E-state index contributed by atoms with van der Waals surface area (Å²) in [6.45, 7) is 1.33. The number of pyridine rings is 1. The Morgan fingerprint density at radius 2 is 2.40 bits per heavy atom. The number of hydrogen-bond acceptors (Lipinski definition) is 4. The minimum atomic E-state index is 0.497. The standard InChI is InChI=1S/C10H14N4O/c1-12-5-7-15-10-9(11)8-4-2-3-6-14(8)13-10/h2-4,6,12H,5,7,11H2,1H3. The third-order valence-corrected chi connectivity index (χ3v) is 2.14. The van der Waals surface area contributed by atoms with E-state index in [0.717, 1.165) is 12.1 Å². The van der Waals surface area contributed by atoms with Crippen LogP contribution in [0.1, 0.15) is 0 Å². The molecule has 3 N–H and O–H groups in total. The van der Waals surface area contributed by atoms with Crippen molar-refractivity contribution in [1.82, 2.24) is 14.9 Å². The lowest BCUT2D eigenvalue weighted by atomic mass is 10.4. The van der Waals surface area contributed by atoms with Crippen molar-refractivity contribution in [2.45, 2.75) is 0 Å². The molecule has 2 heterocycles. The van der Waals surface area contributed by atoms with Gasteiger partial charge in [-0.25, -0.2) is 4.52 Å². The van der Waals surface area contributed by atoms with Crippen molar-refractivity contribution in [2.75, 3.05) is 25.9 Å². The topological polar surface area (TPSA) is 64.6 Å². The summed E-state index contributed by atoms with van der Waals surface area (Å²) >= 11 is 0. The highest BCUT2D eigenvalue weighted by Crippen LogP contribution is 2.24. The molecule has 0 bridgehead atoms. The number of rotatable bonds is 4. The Labute approximate surface area is 87.8 Å². The summed E-state index contributed by atoms with van der Waals surface area (Å²) < 4.78 is 7.16. The van der Waals surface area contributed by atoms with E-state index < -0.39 is 0 Å². The predicted octanol–water partition coefficient (Wildman–Crippen LogP) is 0.515. The first-order valence-electron chi connectivity index (χ1n) is 4.83. The molecule has 0 aliphatic heterocycles. The van der Waals surface area contributed by atoms with Crippen LogP contribution in [0, 0.1) is 0 Å². The molecule has 0 aromatic carbocycles. The van der Waals surface area contributed by atoms with Gasteiger partial charge in [-0.3, -0.25) is 0 Å². The summed E-state index contributed by atoms with van der Waals surface area (Å²) in [5, 5.41) is 7.22. The average molecular weight is 206 g/mol. The molecule has 80 valence electrons. The molecule has 15 heavy (non-hydrogen) atoms. The molecule has 5 nitrogen and oxygen atoms in total. The summed E-state index contributed by atoms with van der Waals surface area (Å²) in [4.78, 5) is 0. The van der Waals surface area contributed by atoms with Crippen molar-refractivity contribution in [3.63, 3.8) is 0 Å². The maximum atomic E-state index is 5.89. The molecule has 0 amide bonds. The van der Waals surface area contributed by atoms with Gasteiger partial charge in [0.15, 0.2) is 0 Å². The van der Waals surface area contributed by atoms with Gasteiger partial charge < -0.3 is 15.8 Å². The number of nitrogen functional groups attached to an aromatic ring is 1. The molecule has 2 aromatic heterocycles. The van der Waals surface area contributed by atoms with E-state index in [9.17, 15) is 0 Å². The van der Waals surface area contributed by atoms with Crippen LogP contribution in [0.5, 0.6) is 5.88 Å². The molecule has 5 heteroatoms. The first kappa shape index (κ1) is 9.79. The van der Waals surface area contributed by atoms with Crippen LogP contribution in [-0.2, 0) is 0 Å². The first-order valence-corrected chi connectivity index (χ1v) is 4.83. The van der Waals surface area contributed by atoms with Gasteiger partial charge in [0.25, 0.3) is 5.88 Å². The van der Waals surface area contributed by atoms with E-state index in [-0.39, 0.29) is 0 Å². The van der Waals surface area contributed by atoms with Crippen molar-refractivity contribution >= 4 is 11.2 Å². The van der Waals surface area contributed by atoms with E-state index >= 15 is 0 Å². The SMILES string of the molecule is CNCCOc1nn2ccccc2c1N. The van der Waals surface area contributed by atoms with Crippen molar-refractivity contribution in [2.24, 2.45) is 0 Å². The molecule has 0 saturated heterocycles. The maximum Gasteiger partial charge on any atom is 0.257 e. The van der Waals surface area contributed by atoms with Gasteiger partial charge in [-0.05, 0) is 19.2 Å². The quantitative estimate of drug-likeness (QED) is 0.716. The number of nitrogens with two attached hydrogens (primary N) is 1. The zero-order valence-corrected chi connectivity index (χ0v) is 8.60. The summed E-state index contributed by atoms with van der Waals surface area (Å²) in [7, 11) is 1.87. The van der Waals surface area contributed by atoms with Crippen LogP contribution < -0.4 is 15.8 Å². The van der Waals surface area contributed by atoms with E-state index in [0.29, 0.717) is 18.2 Å². The van der Waals surface area contributed by atoms with E-state index in [1.165, 1.54) is 0 Å². The molecular weight excluding hydrogens is 192 g/mol. The van der Waals surface area contributed by atoms with Gasteiger partial charge in [-0.1, -0.05) is 6.07 Å². The Kier molecular flexibility index (Phi) is 2.73. The van der Waals surface area contributed by atoms with Crippen molar-refractivity contribution < 1.29 is 4.74 Å². The molecule has 0 aliphatic rings. The Morgan fingerprint density at radius 3 is 3.13 bits per heavy atom. The number of nitrogens with one attached hydrogen (secondary N) is 1. The average Bonchev–Trinajstić information content (AvgIpc) is 2.57. The zero-order valence-electron chi connectivity index (χ0n) is 8.60. The fraction of sp³-hybridized carbons (Fsp3) is 0.300. The fourth-order valence-corrected chi connectivity index (χ4v) is 1.35. The van der Waals surface area contributed by atoms with Gasteiger partial charge in [0.2, 0.25) is 0 Å². The van der Waals surface area contributed by atoms with Gasteiger partial charge in [0.05, 0.1) is 5.52 Å². The molecule has 0 unspecified atom stereocenters. The lowest BCUT2D eigenvalue weighted by Gasteiger charge is -2.01. The number of likely N-dealkylation sites (N-methyl/N-ethyl adjacent to an activating group) is 1. The molecule has 2 aromatic rings. The van der Waals surface area contributed by atoms with Crippen LogP contribution in [-0.4, -0.2) is 29.8 Å². The highest BCUT2D eigenvalue weighted by molar-refractivity contribution is 5.74. The Balaban J connectivity index is 2.24. The first-order chi connectivity index (χ1) is 7.33. The Hall–Kier alpha value is -1.75. The van der Waals surface area contributed by atoms with Gasteiger partial charge in [-0.15, -0.1) is 5.10 Å². The number of nitrogens with zero attached hydrogens (tertiary/aromatic N) is 2. The summed E-state index contributed by atoms with van der Waals surface area (Å²) in [6, 6.07) is 5.73. The molecule has 0 radical (unpaired) electrons. The lowest BCUT2D eigenvalue weighted by Crippen LogP contribution is -2.16. The molecule has 2 rings (SSSR count). The van der Waals surface area contributed by atoms with E-state index in [1.54, 1.807) is 4.52 Å². The molecule has 0 atom stereocenters. The number of fused-ring (bicyclic) bond motifs is 1. The third kappa shape index (κ3) is 1.87. The maximum absolute atomic E-state index is 5.89. The summed E-state index contributed by atoms with van der Waals surface area (Å²) in [5.74, 6) is 0.497. The zero-order chi connectivity index (χ0) is 10.7. The minimum Gasteiger partial charge on any atom is -0.474 e. The molecule has 0 spiro atoms. The monoisotopic (exact) mass is 206 g/mol. The highest BCUT2D eigenvalue weighted by Gasteiger charge is 2.09. The Bertz CT molecular complexity index is 452. The largest absolute Gasteiger partial charge is 0.474 e. The van der Waals surface area contributed by atoms with Crippen molar-refractivity contribution in [3.8, 4) is 5.88 Å². The summed E-state index contributed by atoms with van der Waals surface area (Å²) in [5.41, 5.74) is 7.35. The normalized spacial score (nSPS) is 10.7. The van der Waals surface area contributed by atoms with Crippen LogP contribution in [0.25, 0.3) is 5.52 Å². The van der Waals surface area contributed by atoms with E-state index in [4.69, 9.17) is 10.5 Å². The van der Waals surface area contributed by atoms with Crippen LogP contribution in [0.3, 0.4) is 0 Å². The highest BCUT2D eigenvalue weighted by atomic mass is 16.5. The second kappa shape index (κ2) is 4.18. The summed E-state index contributed by atoms with van der Waals surface area (Å²) in [6.07, 6.45) is 1.84. The minimum absolute atomic E-state index is 0.497. The van der Waals surface area contributed by atoms with Gasteiger partial charge in [0, 0.05) is 12.7 Å². The smallest absolute Gasteiger partial charge is 0.257 e. The molecule has 0 saturated carbocycles. The fourth-order valence-electron chi connectivity index (χ4n) is 1.35.